The third-order valence-electron chi connectivity index (χ3n) is 3.87. The fourth-order valence-electron chi connectivity index (χ4n) is 2.67. The van der Waals surface area contributed by atoms with Crippen molar-refractivity contribution in [3.8, 4) is 5.69 Å². The summed E-state index contributed by atoms with van der Waals surface area (Å²) in [4.78, 5) is 12.5. The molecule has 1 amide bonds. The molecule has 0 unspecified atom stereocenters. The highest BCUT2D eigenvalue weighted by Gasteiger charge is 2.20. The van der Waals surface area contributed by atoms with Crippen LogP contribution in [0.2, 0.25) is 0 Å². The molecule has 2 rings (SSSR count). The Kier molecular flexibility index (Phi) is 7.33. The van der Waals surface area contributed by atoms with Crippen molar-refractivity contribution in [3.05, 3.63) is 47.5 Å². The van der Waals surface area contributed by atoms with Gasteiger partial charge in [-0.1, -0.05) is 27.7 Å². The van der Waals surface area contributed by atoms with Crippen LogP contribution in [-0.2, 0) is 4.74 Å². The average Bonchev–Trinajstić information content (AvgIpc) is 3.03. The number of carbonyl (C=O) groups excluding carboxylic acids is 1. The molecule has 1 N–H and O–H groups in total. The van der Waals surface area contributed by atoms with Crippen LogP contribution < -0.4 is 5.32 Å². The van der Waals surface area contributed by atoms with Crippen LogP contribution in [0.3, 0.4) is 0 Å². The number of halogens is 1. The van der Waals surface area contributed by atoms with Gasteiger partial charge in [0.15, 0.2) is 0 Å². The molecule has 0 fully saturated rings. The molecule has 1 aromatic carbocycles. The van der Waals surface area contributed by atoms with Gasteiger partial charge < -0.3 is 10.1 Å². The molecular formula is C20H28FN3O2. The van der Waals surface area contributed by atoms with E-state index in [-0.39, 0.29) is 17.6 Å². The van der Waals surface area contributed by atoms with Gasteiger partial charge in [-0.2, -0.15) is 5.10 Å². The second-order valence-electron chi connectivity index (χ2n) is 7.06. The number of ether oxygens (including phenoxy) is 1. The largest absolute Gasteiger partial charge is 0.381 e. The summed E-state index contributed by atoms with van der Waals surface area (Å²) in [6.07, 6.45) is 2.34. The van der Waals surface area contributed by atoms with Crippen LogP contribution in [0, 0.1) is 11.7 Å². The zero-order chi connectivity index (χ0) is 19.1. The quantitative estimate of drug-likeness (QED) is 0.689. The maximum atomic E-state index is 13.2. The topological polar surface area (TPSA) is 56.1 Å². The van der Waals surface area contributed by atoms with E-state index in [2.05, 4.69) is 24.3 Å². The number of nitrogens with one attached hydrogen (secondary N) is 1. The molecule has 2 aromatic rings. The first-order valence-corrected chi connectivity index (χ1v) is 9.10. The summed E-state index contributed by atoms with van der Waals surface area (Å²) in [5.41, 5.74) is 2.09. The van der Waals surface area contributed by atoms with Gasteiger partial charge in [0.1, 0.15) is 5.82 Å². The highest BCUT2D eigenvalue weighted by atomic mass is 19.1. The molecule has 1 aromatic heterocycles. The first-order valence-electron chi connectivity index (χ1n) is 9.10. The Bertz CT molecular complexity index is 708. The molecule has 26 heavy (non-hydrogen) atoms. The Labute approximate surface area is 154 Å². The molecule has 0 bridgehead atoms. The van der Waals surface area contributed by atoms with E-state index < -0.39 is 0 Å². The van der Waals surface area contributed by atoms with Crippen LogP contribution >= 0.6 is 0 Å². The van der Waals surface area contributed by atoms with Crippen molar-refractivity contribution in [1.82, 2.24) is 15.1 Å². The smallest absolute Gasteiger partial charge is 0.254 e. The lowest BCUT2D eigenvalue weighted by Crippen LogP contribution is -2.26. The SMILES string of the molecule is CC(C)COCCCNC(=O)c1cnn(-c2ccc(F)cc2)c1C(C)C. The lowest BCUT2D eigenvalue weighted by Gasteiger charge is -2.13. The molecule has 0 aliphatic carbocycles. The lowest BCUT2D eigenvalue weighted by molar-refractivity contribution is 0.0923. The molecule has 0 aliphatic rings. The summed E-state index contributed by atoms with van der Waals surface area (Å²) >= 11 is 0. The summed E-state index contributed by atoms with van der Waals surface area (Å²) in [5, 5.41) is 7.27. The van der Waals surface area contributed by atoms with Gasteiger partial charge >= 0.3 is 0 Å². The fourth-order valence-corrected chi connectivity index (χ4v) is 2.67. The zero-order valence-electron chi connectivity index (χ0n) is 16.0. The average molecular weight is 361 g/mol. The molecule has 6 heteroatoms. The number of aromatic nitrogens is 2. The summed E-state index contributed by atoms with van der Waals surface area (Å²) < 4.78 is 20.4. The van der Waals surface area contributed by atoms with E-state index in [9.17, 15) is 9.18 Å². The van der Waals surface area contributed by atoms with Gasteiger partial charge in [0.2, 0.25) is 0 Å². The minimum absolute atomic E-state index is 0.0951. The Hall–Kier alpha value is -2.21. The normalized spacial score (nSPS) is 11.3. The number of hydrogen-bond donors (Lipinski definition) is 1. The van der Waals surface area contributed by atoms with Gasteiger partial charge in [-0.25, -0.2) is 9.07 Å². The van der Waals surface area contributed by atoms with E-state index in [1.54, 1.807) is 23.0 Å². The van der Waals surface area contributed by atoms with E-state index in [4.69, 9.17) is 4.74 Å². The molecule has 0 saturated carbocycles. The van der Waals surface area contributed by atoms with E-state index in [1.807, 2.05) is 13.8 Å². The maximum absolute atomic E-state index is 13.2. The second-order valence-corrected chi connectivity index (χ2v) is 7.06. The van der Waals surface area contributed by atoms with Gasteiger partial charge in [0.05, 0.1) is 23.1 Å². The number of rotatable bonds is 9. The minimum Gasteiger partial charge on any atom is -0.381 e. The van der Waals surface area contributed by atoms with E-state index in [0.29, 0.717) is 24.6 Å². The predicted molar refractivity (Wildman–Crippen MR) is 100 cm³/mol. The first kappa shape index (κ1) is 20.1. The molecule has 0 radical (unpaired) electrons. The van der Waals surface area contributed by atoms with Crippen molar-refractivity contribution in [2.75, 3.05) is 19.8 Å². The Morgan fingerprint density at radius 3 is 2.54 bits per heavy atom. The summed E-state index contributed by atoms with van der Waals surface area (Å²) in [6, 6.07) is 6.08. The van der Waals surface area contributed by atoms with Crippen LogP contribution in [-0.4, -0.2) is 35.4 Å². The summed E-state index contributed by atoms with van der Waals surface area (Å²) in [5.74, 6) is 0.156. The van der Waals surface area contributed by atoms with Crippen LogP contribution in [0.15, 0.2) is 30.5 Å². The van der Waals surface area contributed by atoms with Crippen molar-refractivity contribution in [2.24, 2.45) is 5.92 Å². The third-order valence-corrected chi connectivity index (χ3v) is 3.87. The fraction of sp³-hybridized carbons (Fsp3) is 0.500. The van der Waals surface area contributed by atoms with Crippen molar-refractivity contribution in [3.63, 3.8) is 0 Å². The standard InChI is InChI=1S/C20H28FN3O2/c1-14(2)13-26-11-5-10-22-20(25)18-12-23-24(19(18)15(3)4)17-8-6-16(21)7-9-17/h6-9,12,14-15H,5,10-11,13H2,1-4H3,(H,22,25). The summed E-state index contributed by atoms with van der Waals surface area (Å²) in [6.45, 7) is 10.1. The van der Waals surface area contributed by atoms with Gasteiger partial charge in [-0.05, 0) is 42.5 Å². The molecule has 1 heterocycles. The number of carbonyl (C=O) groups is 1. The number of hydrogen-bond acceptors (Lipinski definition) is 3. The van der Waals surface area contributed by atoms with Crippen LogP contribution in [0.5, 0.6) is 0 Å². The van der Waals surface area contributed by atoms with E-state index in [1.165, 1.54) is 12.1 Å². The number of amides is 1. The van der Waals surface area contributed by atoms with Crippen molar-refractivity contribution >= 4 is 5.91 Å². The Balaban J connectivity index is 2.02. The third kappa shape index (κ3) is 5.39. The predicted octanol–water partition coefficient (Wildman–Crippen LogP) is 3.93. The Morgan fingerprint density at radius 2 is 1.92 bits per heavy atom. The monoisotopic (exact) mass is 361 g/mol. The second kappa shape index (κ2) is 9.48. The number of benzene rings is 1. The van der Waals surface area contributed by atoms with Gasteiger partial charge in [-0.15, -0.1) is 0 Å². The Morgan fingerprint density at radius 1 is 1.23 bits per heavy atom. The van der Waals surface area contributed by atoms with Crippen LogP contribution in [0.4, 0.5) is 4.39 Å². The van der Waals surface area contributed by atoms with Crippen molar-refractivity contribution in [2.45, 2.75) is 40.0 Å². The van der Waals surface area contributed by atoms with E-state index in [0.717, 1.165) is 24.4 Å². The molecule has 0 atom stereocenters. The highest BCUT2D eigenvalue weighted by Crippen LogP contribution is 2.23. The number of nitrogens with zero attached hydrogens (tertiary/aromatic N) is 2. The van der Waals surface area contributed by atoms with Gasteiger partial charge in [0, 0.05) is 19.8 Å². The first-order chi connectivity index (χ1) is 12.4. The molecule has 5 nitrogen and oxygen atoms in total. The zero-order valence-corrected chi connectivity index (χ0v) is 16.0. The lowest BCUT2D eigenvalue weighted by atomic mass is 10.0. The van der Waals surface area contributed by atoms with Gasteiger partial charge in [-0.3, -0.25) is 4.79 Å². The maximum Gasteiger partial charge on any atom is 0.254 e. The molecule has 0 aliphatic heterocycles. The van der Waals surface area contributed by atoms with Crippen molar-refractivity contribution < 1.29 is 13.9 Å². The molecular weight excluding hydrogens is 333 g/mol. The highest BCUT2D eigenvalue weighted by molar-refractivity contribution is 5.95. The van der Waals surface area contributed by atoms with Crippen LogP contribution in [0.1, 0.15) is 56.1 Å². The van der Waals surface area contributed by atoms with Crippen molar-refractivity contribution in [1.29, 1.82) is 0 Å². The van der Waals surface area contributed by atoms with Crippen LogP contribution in [0.25, 0.3) is 5.69 Å². The molecule has 0 spiro atoms. The summed E-state index contributed by atoms with van der Waals surface area (Å²) in [7, 11) is 0. The van der Waals surface area contributed by atoms with E-state index >= 15 is 0 Å². The minimum atomic E-state index is -0.301. The molecule has 0 saturated heterocycles. The molecule has 142 valence electrons. The van der Waals surface area contributed by atoms with Gasteiger partial charge in [0.25, 0.3) is 5.91 Å².